The van der Waals surface area contributed by atoms with Crippen molar-refractivity contribution in [2.45, 2.75) is 69.1 Å². The van der Waals surface area contributed by atoms with Crippen LogP contribution in [0.25, 0.3) is 11.3 Å². The van der Waals surface area contributed by atoms with Gasteiger partial charge in [0.05, 0.1) is 6.20 Å². The van der Waals surface area contributed by atoms with Crippen LogP contribution < -0.4 is 20.3 Å². The molecule has 11 heteroatoms. The van der Waals surface area contributed by atoms with Crippen molar-refractivity contribution in [2.24, 2.45) is 5.92 Å². The molecule has 5 atom stereocenters. The average Bonchev–Trinajstić information content (AvgIpc) is 3.66. The third kappa shape index (κ3) is 5.66. The van der Waals surface area contributed by atoms with Crippen LogP contribution in [0.1, 0.15) is 44.2 Å². The average molecular weight is 539 g/mol. The van der Waals surface area contributed by atoms with E-state index in [4.69, 9.17) is 4.42 Å². The minimum Gasteiger partial charge on any atom is -0.424 e. The second-order valence-electron chi connectivity index (χ2n) is 10.6. The number of rotatable bonds is 7. The lowest BCUT2D eigenvalue weighted by atomic mass is 9.89. The van der Waals surface area contributed by atoms with Crippen LogP contribution in [-0.2, 0) is 0 Å². The molecule has 3 fully saturated rings. The van der Waals surface area contributed by atoms with Gasteiger partial charge >= 0.3 is 6.36 Å². The first kappa shape index (κ1) is 25.5. The second-order valence-corrected chi connectivity index (χ2v) is 10.6. The summed E-state index contributed by atoms with van der Waals surface area (Å²) < 4.78 is 47.2. The molecule has 8 nitrogen and oxygen atoms in total. The SMILES string of the molecule is N#Cc1cc(N2C[C@@H]3C[C@H](N[C@@H]4CCCC[C@H]4Nc4ncc(-c5ccc(OC(F)(F)F)cc5)o4)[C@H]2C3)ccn1. The van der Waals surface area contributed by atoms with Gasteiger partial charge in [-0.3, -0.25) is 0 Å². The van der Waals surface area contributed by atoms with Crippen molar-refractivity contribution in [3.8, 4) is 23.1 Å². The Hall–Kier alpha value is -3.78. The van der Waals surface area contributed by atoms with Crippen LogP contribution in [0.3, 0.4) is 0 Å². The number of anilines is 2. The number of fused-ring (bicyclic) bond motifs is 2. The van der Waals surface area contributed by atoms with Gasteiger partial charge < -0.3 is 24.7 Å². The van der Waals surface area contributed by atoms with E-state index in [0.717, 1.165) is 50.8 Å². The van der Waals surface area contributed by atoms with Crippen molar-refractivity contribution in [3.05, 3.63) is 54.5 Å². The van der Waals surface area contributed by atoms with Gasteiger partial charge in [0.25, 0.3) is 6.01 Å². The molecule has 2 aromatic heterocycles. The predicted octanol–water partition coefficient (Wildman–Crippen LogP) is 5.49. The number of hydrogen-bond acceptors (Lipinski definition) is 8. The van der Waals surface area contributed by atoms with Crippen molar-refractivity contribution < 1.29 is 22.3 Å². The van der Waals surface area contributed by atoms with Crippen molar-refractivity contribution in [3.63, 3.8) is 0 Å². The van der Waals surface area contributed by atoms with Gasteiger partial charge in [0, 0.05) is 48.2 Å². The molecule has 2 saturated carbocycles. The van der Waals surface area contributed by atoms with Gasteiger partial charge in [-0.2, -0.15) is 5.26 Å². The summed E-state index contributed by atoms with van der Waals surface area (Å²) in [6.07, 6.45) is 5.13. The summed E-state index contributed by atoms with van der Waals surface area (Å²) in [5.41, 5.74) is 2.11. The Bertz CT molecular complexity index is 1340. The fourth-order valence-corrected chi connectivity index (χ4v) is 6.39. The number of nitriles is 1. The van der Waals surface area contributed by atoms with E-state index in [1.807, 2.05) is 12.1 Å². The molecule has 1 aliphatic heterocycles. The molecule has 0 unspecified atom stereocenters. The first-order valence-corrected chi connectivity index (χ1v) is 13.3. The van der Waals surface area contributed by atoms with Gasteiger partial charge in [-0.15, -0.1) is 13.2 Å². The largest absolute Gasteiger partial charge is 0.573 e. The maximum atomic E-state index is 12.4. The minimum absolute atomic E-state index is 0.145. The number of hydrogen-bond donors (Lipinski definition) is 2. The Morgan fingerprint density at radius 1 is 1.03 bits per heavy atom. The van der Waals surface area contributed by atoms with E-state index >= 15 is 0 Å². The van der Waals surface area contributed by atoms with Crippen LogP contribution >= 0.6 is 0 Å². The van der Waals surface area contributed by atoms with Crippen LogP contribution in [0.5, 0.6) is 5.75 Å². The molecule has 0 amide bonds. The van der Waals surface area contributed by atoms with Crippen LogP contribution in [0.4, 0.5) is 24.9 Å². The molecule has 0 radical (unpaired) electrons. The van der Waals surface area contributed by atoms with Crippen LogP contribution in [0.15, 0.2) is 53.2 Å². The molecule has 0 spiro atoms. The van der Waals surface area contributed by atoms with E-state index in [-0.39, 0.29) is 17.8 Å². The predicted molar refractivity (Wildman–Crippen MR) is 138 cm³/mol. The molecule has 3 heterocycles. The summed E-state index contributed by atoms with van der Waals surface area (Å²) in [7, 11) is 0. The number of pyridine rings is 1. The number of benzene rings is 1. The van der Waals surface area contributed by atoms with Crippen molar-refractivity contribution in [2.75, 3.05) is 16.8 Å². The van der Waals surface area contributed by atoms with Gasteiger partial charge in [-0.1, -0.05) is 12.8 Å². The highest BCUT2D eigenvalue weighted by Crippen LogP contribution is 2.41. The summed E-state index contributed by atoms with van der Waals surface area (Å²) in [5, 5.41) is 16.7. The Morgan fingerprint density at radius 3 is 2.56 bits per heavy atom. The van der Waals surface area contributed by atoms with Gasteiger partial charge in [0.15, 0.2) is 5.76 Å². The van der Waals surface area contributed by atoms with E-state index < -0.39 is 6.36 Å². The molecule has 1 saturated heterocycles. The summed E-state index contributed by atoms with van der Waals surface area (Å²) >= 11 is 0. The van der Waals surface area contributed by atoms with E-state index in [1.165, 1.54) is 24.3 Å². The quantitative estimate of drug-likeness (QED) is 0.408. The monoisotopic (exact) mass is 538 g/mol. The highest BCUT2D eigenvalue weighted by molar-refractivity contribution is 5.58. The molecule has 2 bridgehead atoms. The van der Waals surface area contributed by atoms with Gasteiger partial charge in [0.1, 0.15) is 17.5 Å². The first-order chi connectivity index (χ1) is 18.8. The lowest BCUT2D eigenvalue weighted by Crippen LogP contribution is -2.56. The van der Waals surface area contributed by atoms with E-state index in [0.29, 0.717) is 41.0 Å². The summed E-state index contributed by atoms with van der Waals surface area (Å²) in [6, 6.07) is 13.1. The Balaban J connectivity index is 1.10. The lowest BCUT2D eigenvalue weighted by molar-refractivity contribution is -0.274. The molecule has 204 valence electrons. The third-order valence-corrected chi connectivity index (χ3v) is 8.05. The summed E-state index contributed by atoms with van der Waals surface area (Å²) in [6.45, 7) is 1.01. The summed E-state index contributed by atoms with van der Waals surface area (Å²) in [5.74, 6) is 0.812. The fourth-order valence-electron chi connectivity index (χ4n) is 6.39. The highest BCUT2D eigenvalue weighted by Gasteiger charge is 2.46. The number of alkyl halides is 3. The third-order valence-electron chi connectivity index (χ3n) is 8.05. The normalized spacial score (nSPS) is 26.4. The number of halogens is 3. The molecular formula is C28H29F3N6O2. The minimum atomic E-state index is -4.73. The standard InChI is InChI=1S/C28H29F3N6O2/c29-28(30,31)39-21-7-5-18(6-8-21)26-15-34-27(38-26)36-23-4-2-1-3-22(23)35-24-11-17-12-25(24)37(16-17)20-9-10-33-19(13-20)14-32/h5-10,13,15,17,22-25,35H,1-4,11-12,16H2,(H,34,36)/t17-,22-,23-,24+,25-/m1/s1. The molecule has 6 rings (SSSR count). The lowest BCUT2D eigenvalue weighted by Gasteiger charge is -2.40. The maximum absolute atomic E-state index is 12.4. The van der Waals surface area contributed by atoms with Crippen molar-refractivity contribution in [1.29, 1.82) is 5.26 Å². The first-order valence-electron chi connectivity index (χ1n) is 13.3. The molecule has 1 aromatic carbocycles. The van der Waals surface area contributed by atoms with Crippen LogP contribution in [0, 0.1) is 17.2 Å². The number of piperidine rings is 1. The highest BCUT2D eigenvalue weighted by atomic mass is 19.4. The molecule has 2 aliphatic carbocycles. The molecule has 3 aromatic rings. The number of ether oxygens (including phenoxy) is 1. The number of aromatic nitrogens is 2. The zero-order valence-electron chi connectivity index (χ0n) is 21.2. The van der Waals surface area contributed by atoms with Gasteiger partial charge in [-0.05, 0) is 68.0 Å². The van der Waals surface area contributed by atoms with Crippen molar-refractivity contribution in [1.82, 2.24) is 15.3 Å². The zero-order valence-corrected chi connectivity index (χ0v) is 21.2. The Morgan fingerprint density at radius 2 is 1.82 bits per heavy atom. The molecular weight excluding hydrogens is 509 g/mol. The number of nitrogens with zero attached hydrogens (tertiary/aromatic N) is 4. The fraction of sp³-hybridized carbons (Fsp3) is 0.464. The molecule has 3 aliphatic rings. The zero-order chi connectivity index (χ0) is 27.0. The Kier molecular flexibility index (Phi) is 6.81. The second kappa shape index (κ2) is 10.4. The van der Waals surface area contributed by atoms with E-state index in [9.17, 15) is 18.4 Å². The summed E-state index contributed by atoms with van der Waals surface area (Å²) in [4.78, 5) is 10.9. The maximum Gasteiger partial charge on any atom is 0.573 e. The molecule has 39 heavy (non-hydrogen) atoms. The molecule has 2 N–H and O–H groups in total. The van der Waals surface area contributed by atoms with Gasteiger partial charge in [0.2, 0.25) is 0 Å². The van der Waals surface area contributed by atoms with Gasteiger partial charge in [-0.25, -0.2) is 9.97 Å². The van der Waals surface area contributed by atoms with E-state index in [2.05, 4.69) is 36.3 Å². The van der Waals surface area contributed by atoms with Crippen molar-refractivity contribution >= 4 is 11.7 Å². The number of nitrogens with one attached hydrogen (secondary N) is 2. The van der Waals surface area contributed by atoms with E-state index in [1.54, 1.807) is 12.4 Å². The topological polar surface area (TPSA) is 99.2 Å². The van der Waals surface area contributed by atoms with Crippen LogP contribution in [-0.4, -0.2) is 47.0 Å². The Labute approximate surface area is 224 Å². The smallest absolute Gasteiger partial charge is 0.424 e. The van der Waals surface area contributed by atoms with Crippen LogP contribution in [0.2, 0.25) is 0 Å². The number of oxazole rings is 1.